The molecule has 17 heavy (non-hydrogen) atoms. The van der Waals surface area contributed by atoms with E-state index in [0.29, 0.717) is 6.54 Å². The SMILES string of the molecule is CCc1ccc(CNC(=O)c2sccc2C)s1. The fourth-order valence-electron chi connectivity index (χ4n) is 1.56. The lowest BCUT2D eigenvalue weighted by Gasteiger charge is -2.02. The van der Waals surface area contributed by atoms with Crippen LogP contribution in [-0.4, -0.2) is 5.91 Å². The highest BCUT2D eigenvalue weighted by molar-refractivity contribution is 7.12. The Bertz CT molecular complexity index is 513. The standard InChI is InChI=1S/C13H15NOS2/c1-3-10-4-5-11(17-10)8-14-13(15)12-9(2)6-7-16-12/h4-7H,3,8H2,1-2H3,(H,14,15). The van der Waals surface area contributed by atoms with Gasteiger partial charge in [0.2, 0.25) is 0 Å². The van der Waals surface area contributed by atoms with Crippen LogP contribution in [-0.2, 0) is 13.0 Å². The molecular formula is C13H15NOS2. The topological polar surface area (TPSA) is 29.1 Å². The summed E-state index contributed by atoms with van der Waals surface area (Å²) < 4.78 is 0. The first kappa shape index (κ1) is 12.3. The number of rotatable bonds is 4. The van der Waals surface area contributed by atoms with Crippen molar-refractivity contribution in [3.63, 3.8) is 0 Å². The number of hydrogen-bond acceptors (Lipinski definition) is 3. The normalized spacial score (nSPS) is 10.5. The van der Waals surface area contributed by atoms with Gasteiger partial charge in [-0.3, -0.25) is 4.79 Å². The van der Waals surface area contributed by atoms with Gasteiger partial charge in [0.15, 0.2) is 0 Å². The second-order valence-electron chi connectivity index (χ2n) is 3.84. The second kappa shape index (κ2) is 5.47. The summed E-state index contributed by atoms with van der Waals surface area (Å²) in [5, 5.41) is 4.91. The Kier molecular flexibility index (Phi) is 3.97. The molecule has 2 nitrogen and oxygen atoms in total. The molecule has 0 fully saturated rings. The molecule has 90 valence electrons. The minimum absolute atomic E-state index is 0.0314. The molecule has 0 spiro atoms. The van der Waals surface area contributed by atoms with E-state index >= 15 is 0 Å². The van der Waals surface area contributed by atoms with Gasteiger partial charge < -0.3 is 5.32 Å². The number of carbonyl (C=O) groups is 1. The molecule has 0 bridgehead atoms. The summed E-state index contributed by atoms with van der Waals surface area (Å²) in [6.45, 7) is 4.73. The van der Waals surface area contributed by atoms with Crippen molar-refractivity contribution in [3.05, 3.63) is 43.8 Å². The van der Waals surface area contributed by atoms with Crippen LogP contribution >= 0.6 is 22.7 Å². The van der Waals surface area contributed by atoms with Crippen molar-refractivity contribution in [1.29, 1.82) is 0 Å². The highest BCUT2D eigenvalue weighted by Crippen LogP contribution is 2.18. The molecule has 2 heterocycles. The van der Waals surface area contributed by atoms with Gasteiger partial charge in [0.1, 0.15) is 0 Å². The zero-order valence-corrected chi connectivity index (χ0v) is 11.6. The lowest BCUT2D eigenvalue weighted by Crippen LogP contribution is -2.21. The molecule has 0 atom stereocenters. The van der Waals surface area contributed by atoms with Gasteiger partial charge in [0.05, 0.1) is 11.4 Å². The number of carbonyl (C=O) groups excluding carboxylic acids is 1. The largest absolute Gasteiger partial charge is 0.346 e. The summed E-state index contributed by atoms with van der Waals surface area (Å²) in [6, 6.07) is 6.19. The maximum Gasteiger partial charge on any atom is 0.261 e. The van der Waals surface area contributed by atoms with Crippen molar-refractivity contribution < 1.29 is 4.79 Å². The van der Waals surface area contributed by atoms with Crippen LogP contribution in [0.4, 0.5) is 0 Å². The van der Waals surface area contributed by atoms with E-state index < -0.39 is 0 Å². The summed E-state index contributed by atoms with van der Waals surface area (Å²) >= 11 is 3.26. The van der Waals surface area contributed by atoms with Gasteiger partial charge in [-0.2, -0.15) is 0 Å². The Labute approximate surface area is 109 Å². The van der Waals surface area contributed by atoms with Crippen molar-refractivity contribution >= 4 is 28.6 Å². The van der Waals surface area contributed by atoms with Crippen LogP contribution < -0.4 is 5.32 Å². The van der Waals surface area contributed by atoms with Gasteiger partial charge in [-0.05, 0) is 42.5 Å². The first-order chi connectivity index (χ1) is 8.20. The van der Waals surface area contributed by atoms with Gasteiger partial charge in [-0.25, -0.2) is 0 Å². The Balaban J connectivity index is 1.94. The first-order valence-electron chi connectivity index (χ1n) is 5.60. The maximum absolute atomic E-state index is 11.9. The molecule has 2 aromatic heterocycles. The van der Waals surface area contributed by atoms with Gasteiger partial charge in [0, 0.05) is 9.75 Å². The van der Waals surface area contributed by atoms with Gasteiger partial charge in [-0.1, -0.05) is 6.92 Å². The quantitative estimate of drug-likeness (QED) is 0.899. The molecule has 4 heteroatoms. The lowest BCUT2D eigenvalue weighted by molar-refractivity contribution is 0.0955. The highest BCUT2D eigenvalue weighted by Gasteiger charge is 2.10. The minimum Gasteiger partial charge on any atom is -0.346 e. The third-order valence-electron chi connectivity index (χ3n) is 2.56. The van der Waals surface area contributed by atoms with Gasteiger partial charge in [-0.15, -0.1) is 22.7 Å². The van der Waals surface area contributed by atoms with Crippen LogP contribution in [0.25, 0.3) is 0 Å². The van der Waals surface area contributed by atoms with Gasteiger partial charge in [0.25, 0.3) is 5.91 Å². The zero-order chi connectivity index (χ0) is 12.3. The molecule has 0 aromatic carbocycles. The van der Waals surface area contributed by atoms with E-state index in [0.717, 1.165) is 16.9 Å². The number of amides is 1. The molecule has 1 amide bonds. The average molecular weight is 265 g/mol. The van der Waals surface area contributed by atoms with Crippen molar-refractivity contribution in [3.8, 4) is 0 Å². The molecular weight excluding hydrogens is 250 g/mol. The molecule has 0 aliphatic heterocycles. The Hall–Kier alpha value is -1.13. The van der Waals surface area contributed by atoms with Crippen molar-refractivity contribution in [1.82, 2.24) is 5.32 Å². The summed E-state index contributed by atoms with van der Waals surface area (Å²) in [6.07, 6.45) is 1.06. The molecule has 0 radical (unpaired) electrons. The molecule has 0 saturated carbocycles. The summed E-state index contributed by atoms with van der Waals surface area (Å²) in [4.78, 5) is 15.3. The van der Waals surface area contributed by atoms with Crippen molar-refractivity contribution in [2.24, 2.45) is 0 Å². The molecule has 0 aliphatic carbocycles. The van der Waals surface area contributed by atoms with E-state index in [4.69, 9.17) is 0 Å². The Morgan fingerprint density at radius 3 is 2.65 bits per heavy atom. The number of thiophene rings is 2. The van der Waals surface area contributed by atoms with Crippen LogP contribution in [0.5, 0.6) is 0 Å². The van der Waals surface area contributed by atoms with E-state index in [1.165, 1.54) is 21.1 Å². The predicted octanol–water partition coefficient (Wildman–Crippen LogP) is 3.61. The molecule has 1 N–H and O–H groups in total. The monoisotopic (exact) mass is 265 g/mol. The van der Waals surface area contributed by atoms with Crippen LogP contribution in [0.1, 0.15) is 31.9 Å². The molecule has 0 aliphatic rings. The van der Waals surface area contributed by atoms with Crippen LogP contribution in [0.15, 0.2) is 23.6 Å². The maximum atomic E-state index is 11.9. The number of hydrogen-bond donors (Lipinski definition) is 1. The van der Waals surface area contributed by atoms with E-state index in [2.05, 4.69) is 24.4 Å². The van der Waals surface area contributed by atoms with E-state index in [-0.39, 0.29) is 5.91 Å². The fourth-order valence-corrected chi connectivity index (χ4v) is 3.30. The molecule has 2 rings (SSSR count). The van der Waals surface area contributed by atoms with Crippen LogP contribution in [0, 0.1) is 6.92 Å². The summed E-state index contributed by atoms with van der Waals surface area (Å²) in [5.41, 5.74) is 1.05. The van der Waals surface area contributed by atoms with Crippen LogP contribution in [0.3, 0.4) is 0 Å². The van der Waals surface area contributed by atoms with Gasteiger partial charge >= 0.3 is 0 Å². The Morgan fingerprint density at radius 2 is 2.06 bits per heavy atom. The fraction of sp³-hybridized carbons (Fsp3) is 0.308. The third kappa shape index (κ3) is 2.96. The highest BCUT2D eigenvalue weighted by atomic mass is 32.1. The first-order valence-corrected chi connectivity index (χ1v) is 7.30. The average Bonchev–Trinajstić information content (AvgIpc) is 2.94. The summed E-state index contributed by atoms with van der Waals surface area (Å²) in [5.74, 6) is 0.0314. The van der Waals surface area contributed by atoms with E-state index in [1.807, 2.05) is 18.4 Å². The molecule has 0 saturated heterocycles. The minimum atomic E-state index is 0.0314. The second-order valence-corrected chi connectivity index (χ2v) is 6.01. The molecule has 0 unspecified atom stereocenters. The number of aryl methyl sites for hydroxylation is 2. The van der Waals surface area contributed by atoms with E-state index in [9.17, 15) is 4.79 Å². The third-order valence-corrected chi connectivity index (χ3v) is 4.80. The van der Waals surface area contributed by atoms with Crippen molar-refractivity contribution in [2.45, 2.75) is 26.8 Å². The lowest BCUT2D eigenvalue weighted by atomic mass is 10.3. The number of nitrogens with one attached hydrogen (secondary N) is 1. The predicted molar refractivity (Wildman–Crippen MR) is 73.9 cm³/mol. The van der Waals surface area contributed by atoms with Crippen LogP contribution in [0.2, 0.25) is 0 Å². The van der Waals surface area contributed by atoms with E-state index in [1.54, 1.807) is 11.3 Å². The molecule has 2 aromatic rings. The summed E-state index contributed by atoms with van der Waals surface area (Å²) in [7, 11) is 0. The smallest absolute Gasteiger partial charge is 0.261 e. The zero-order valence-electron chi connectivity index (χ0n) is 9.95. The van der Waals surface area contributed by atoms with Crippen molar-refractivity contribution in [2.75, 3.05) is 0 Å². The Morgan fingerprint density at radius 1 is 1.29 bits per heavy atom.